The number of rotatable bonds is 1. The van der Waals surface area contributed by atoms with E-state index in [1.807, 2.05) is 31.5 Å². The highest BCUT2D eigenvalue weighted by atomic mass is 32.2. The van der Waals surface area contributed by atoms with Crippen LogP contribution in [0, 0.1) is 6.92 Å². The quantitative estimate of drug-likeness (QED) is 0.573. The van der Waals surface area contributed by atoms with Gasteiger partial charge in [-0.2, -0.15) is 0 Å². The zero-order valence-electron chi connectivity index (χ0n) is 8.24. The van der Waals surface area contributed by atoms with Crippen molar-refractivity contribution in [1.29, 1.82) is 0 Å². The number of nitrogens with two attached hydrogens (primary N) is 1. The zero-order chi connectivity index (χ0) is 10.1. The Hall–Kier alpha value is -1.22. The monoisotopic (exact) mass is 204 g/mol. The first-order valence-electron chi connectivity index (χ1n) is 4.41. The summed E-state index contributed by atoms with van der Waals surface area (Å²) in [6.07, 6.45) is 3.89. The van der Waals surface area contributed by atoms with Gasteiger partial charge >= 0.3 is 0 Å². The SMILES string of the molecule is CSc1ccc2ncc(C)cc2c1N. The van der Waals surface area contributed by atoms with Gasteiger partial charge in [0.2, 0.25) is 0 Å². The second kappa shape index (κ2) is 3.50. The lowest BCUT2D eigenvalue weighted by Gasteiger charge is -2.06. The zero-order valence-corrected chi connectivity index (χ0v) is 9.06. The van der Waals surface area contributed by atoms with Gasteiger partial charge < -0.3 is 5.73 Å². The number of hydrogen-bond acceptors (Lipinski definition) is 3. The van der Waals surface area contributed by atoms with E-state index in [0.29, 0.717) is 0 Å². The highest BCUT2D eigenvalue weighted by Crippen LogP contribution is 2.29. The fourth-order valence-corrected chi connectivity index (χ4v) is 2.02. The Morgan fingerprint density at radius 2 is 2.14 bits per heavy atom. The van der Waals surface area contributed by atoms with E-state index in [4.69, 9.17) is 5.73 Å². The molecule has 0 unspecified atom stereocenters. The van der Waals surface area contributed by atoms with E-state index in [2.05, 4.69) is 11.1 Å². The molecule has 2 aromatic rings. The average Bonchev–Trinajstić information content (AvgIpc) is 2.20. The summed E-state index contributed by atoms with van der Waals surface area (Å²) in [4.78, 5) is 5.44. The normalized spacial score (nSPS) is 10.7. The lowest BCUT2D eigenvalue weighted by Crippen LogP contribution is -1.92. The van der Waals surface area contributed by atoms with Crippen LogP contribution in [-0.2, 0) is 0 Å². The Morgan fingerprint density at radius 3 is 2.86 bits per heavy atom. The van der Waals surface area contributed by atoms with Gasteiger partial charge in [-0.15, -0.1) is 11.8 Å². The van der Waals surface area contributed by atoms with Gasteiger partial charge in [-0.05, 0) is 36.9 Å². The van der Waals surface area contributed by atoms with Crippen molar-refractivity contribution in [1.82, 2.24) is 4.98 Å². The maximum absolute atomic E-state index is 6.04. The van der Waals surface area contributed by atoms with Gasteiger partial charge in [0.15, 0.2) is 0 Å². The van der Waals surface area contributed by atoms with Gasteiger partial charge in [-0.1, -0.05) is 0 Å². The van der Waals surface area contributed by atoms with E-state index < -0.39 is 0 Å². The first-order chi connectivity index (χ1) is 6.72. The number of anilines is 1. The van der Waals surface area contributed by atoms with Crippen molar-refractivity contribution in [3.05, 3.63) is 30.0 Å². The first-order valence-corrected chi connectivity index (χ1v) is 5.63. The van der Waals surface area contributed by atoms with E-state index in [0.717, 1.165) is 27.0 Å². The molecule has 0 amide bonds. The summed E-state index contributed by atoms with van der Waals surface area (Å²) < 4.78 is 0. The fraction of sp³-hybridized carbons (Fsp3) is 0.182. The largest absolute Gasteiger partial charge is 0.397 e. The number of benzene rings is 1. The van der Waals surface area contributed by atoms with E-state index in [9.17, 15) is 0 Å². The molecule has 0 radical (unpaired) electrons. The molecule has 2 nitrogen and oxygen atoms in total. The van der Waals surface area contributed by atoms with Gasteiger partial charge in [0.05, 0.1) is 11.2 Å². The topological polar surface area (TPSA) is 38.9 Å². The molecule has 1 heterocycles. The van der Waals surface area contributed by atoms with Crippen LogP contribution in [0.25, 0.3) is 10.9 Å². The van der Waals surface area contributed by atoms with Crippen LogP contribution in [0.4, 0.5) is 5.69 Å². The van der Waals surface area contributed by atoms with Crippen molar-refractivity contribution < 1.29 is 0 Å². The molecule has 2 rings (SSSR count). The lowest BCUT2D eigenvalue weighted by atomic mass is 10.1. The molecule has 0 bridgehead atoms. The first kappa shape index (κ1) is 9.34. The Labute approximate surface area is 87.5 Å². The van der Waals surface area contributed by atoms with Crippen LogP contribution >= 0.6 is 11.8 Å². The summed E-state index contributed by atoms with van der Waals surface area (Å²) in [6, 6.07) is 6.11. The minimum Gasteiger partial charge on any atom is -0.397 e. The van der Waals surface area contributed by atoms with Crippen molar-refractivity contribution in [2.75, 3.05) is 12.0 Å². The average molecular weight is 204 g/mol. The van der Waals surface area contributed by atoms with Gasteiger partial charge in [-0.25, -0.2) is 0 Å². The van der Waals surface area contributed by atoms with E-state index in [1.54, 1.807) is 11.8 Å². The van der Waals surface area contributed by atoms with E-state index in [1.165, 1.54) is 0 Å². The van der Waals surface area contributed by atoms with Crippen molar-refractivity contribution in [2.24, 2.45) is 0 Å². The van der Waals surface area contributed by atoms with Gasteiger partial charge in [0, 0.05) is 16.5 Å². The molecule has 0 saturated heterocycles. The molecule has 3 heteroatoms. The van der Waals surface area contributed by atoms with E-state index in [-0.39, 0.29) is 0 Å². The van der Waals surface area contributed by atoms with E-state index >= 15 is 0 Å². The van der Waals surface area contributed by atoms with Crippen LogP contribution in [0.5, 0.6) is 0 Å². The van der Waals surface area contributed by atoms with Crippen LogP contribution in [0.1, 0.15) is 5.56 Å². The third-order valence-corrected chi connectivity index (χ3v) is 3.02. The fourth-order valence-electron chi connectivity index (χ4n) is 1.48. The van der Waals surface area contributed by atoms with Crippen LogP contribution < -0.4 is 5.73 Å². The molecule has 0 aliphatic heterocycles. The molecular formula is C11H12N2S. The number of nitrogens with zero attached hydrogens (tertiary/aromatic N) is 1. The summed E-state index contributed by atoms with van der Waals surface area (Å²) in [5, 5.41) is 1.05. The summed E-state index contributed by atoms with van der Waals surface area (Å²) >= 11 is 1.66. The molecule has 0 aliphatic carbocycles. The number of thioether (sulfide) groups is 1. The number of aryl methyl sites for hydroxylation is 1. The van der Waals surface area contributed by atoms with Gasteiger partial charge in [-0.3, -0.25) is 4.98 Å². The molecule has 1 aromatic heterocycles. The van der Waals surface area contributed by atoms with Crippen molar-refractivity contribution >= 4 is 28.4 Å². The highest BCUT2D eigenvalue weighted by molar-refractivity contribution is 7.98. The van der Waals surface area contributed by atoms with Crippen LogP contribution in [0.15, 0.2) is 29.3 Å². The van der Waals surface area contributed by atoms with Gasteiger partial charge in [0.25, 0.3) is 0 Å². The predicted molar refractivity (Wildman–Crippen MR) is 62.7 cm³/mol. The summed E-state index contributed by atoms with van der Waals surface area (Å²) in [6.45, 7) is 2.03. The Bertz CT molecular complexity index is 480. The van der Waals surface area contributed by atoms with Crippen molar-refractivity contribution in [2.45, 2.75) is 11.8 Å². The number of aromatic nitrogens is 1. The Morgan fingerprint density at radius 1 is 1.36 bits per heavy atom. The van der Waals surface area contributed by atoms with Crippen LogP contribution in [0.2, 0.25) is 0 Å². The van der Waals surface area contributed by atoms with Crippen molar-refractivity contribution in [3.63, 3.8) is 0 Å². The molecule has 0 spiro atoms. The maximum atomic E-state index is 6.04. The third kappa shape index (κ3) is 1.44. The second-order valence-corrected chi connectivity index (χ2v) is 4.11. The second-order valence-electron chi connectivity index (χ2n) is 3.26. The number of hydrogen-bond donors (Lipinski definition) is 1. The Balaban J connectivity index is 2.79. The van der Waals surface area contributed by atoms with Gasteiger partial charge in [0.1, 0.15) is 0 Å². The number of nitrogen functional groups attached to an aromatic ring is 1. The molecule has 0 aliphatic rings. The molecule has 0 saturated carbocycles. The Kier molecular flexibility index (Phi) is 2.33. The molecule has 2 N–H and O–H groups in total. The minimum absolute atomic E-state index is 0.839. The highest BCUT2D eigenvalue weighted by Gasteiger charge is 2.04. The molecule has 0 atom stereocenters. The van der Waals surface area contributed by atoms with Crippen LogP contribution in [0.3, 0.4) is 0 Å². The van der Waals surface area contributed by atoms with Crippen molar-refractivity contribution in [3.8, 4) is 0 Å². The molecule has 1 aromatic carbocycles. The maximum Gasteiger partial charge on any atom is 0.0723 e. The summed E-state index contributed by atoms with van der Waals surface area (Å²) in [5.74, 6) is 0. The number of fused-ring (bicyclic) bond motifs is 1. The third-order valence-electron chi connectivity index (χ3n) is 2.22. The minimum atomic E-state index is 0.839. The van der Waals surface area contributed by atoms with Crippen LogP contribution in [-0.4, -0.2) is 11.2 Å². The lowest BCUT2D eigenvalue weighted by molar-refractivity contribution is 1.32. The molecule has 14 heavy (non-hydrogen) atoms. The summed E-state index contributed by atoms with van der Waals surface area (Å²) in [7, 11) is 0. The molecular weight excluding hydrogens is 192 g/mol. The molecule has 72 valence electrons. The standard InChI is InChI=1S/C11H12N2S/c1-7-5-8-9(13-6-7)3-4-10(14-2)11(8)12/h3-6H,12H2,1-2H3. The molecule has 0 fully saturated rings. The smallest absolute Gasteiger partial charge is 0.0723 e. The summed E-state index contributed by atoms with van der Waals surface area (Å²) in [5.41, 5.74) is 8.98. The number of pyridine rings is 1. The predicted octanol–water partition coefficient (Wildman–Crippen LogP) is 2.85.